The first-order chi connectivity index (χ1) is 15.8. The van der Waals surface area contributed by atoms with E-state index in [1.807, 2.05) is 20.8 Å². The van der Waals surface area contributed by atoms with Gasteiger partial charge in [0.05, 0.1) is 11.5 Å². The molecule has 0 spiro atoms. The van der Waals surface area contributed by atoms with Crippen molar-refractivity contribution in [3.8, 4) is 11.6 Å². The normalized spacial score (nSPS) is 11.2. The highest BCUT2D eigenvalue weighted by molar-refractivity contribution is 7.92. The lowest BCUT2D eigenvalue weighted by Crippen LogP contribution is -2.13. The van der Waals surface area contributed by atoms with Gasteiger partial charge in [0.15, 0.2) is 0 Å². The summed E-state index contributed by atoms with van der Waals surface area (Å²) in [6.45, 7) is 6.03. The topological polar surface area (TPSA) is 111 Å². The zero-order valence-electron chi connectivity index (χ0n) is 18.5. The number of aryl methyl sites for hydroxylation is 2. The largest absolute Gasteiger partial charge is 0.494 e. The Hall–Kier alpha value is -3.92. The smallest absolute Gasteiger partial charge is 0.261 e. The molecule has 4 aromatic rings. The molecule has 0 aliphatic heterocycles. The highest BCUT2D eigenvalue weighted by atomic mass is 32.2. The molecule has 170 valence electrons. The fourth-order valence-corrected chi connectivity index (χ4v) is 4.38. The molecule has 0 saturated carbocycles. The first-order valence-electron chi connectivity index (χ1n) is 10.3. The summed E-state index contributed by atoms with van der Waals surface area (Å²) in [5.41, 5.74) is 1.96. The number of sulfonamides is 1. The SMILES string of the molecule is CCOc1ccc(S(=O)(=O)Nc2ccc(Nc3cc(-n4ccnc4)nc(C)n3)cc2)cc1C. The average molecular weight is 465 g/mol. The molecule has 2 N–H and O–H groups in total. The zero-order chi connectivity index (χ0) is 23.4. The van der Waals surface area contributed by atoms with Gasteiger partial charge in [-0.3, -0.25) is 9.29 Å². The van der Waals surface area contributed by atoms with Crippen LogP contribution in [0.15, 0.2) is 72.1 Å². The molecule has 0 unspecified atom stereocenters. The number of anilines is 3. The lowest BCUT2D eigenvalue weighted by Gasteiger charge is -2.12. The summed E-state index contributed by atoms with van der Waals surface area (Å²) >= 11 is 0. The Morgan fingerprint density at radius 2 is 1.76 bits per heavy atom. The number of nitrogens with one attached hydrogen (secondary N) is 2. The Labute approximate surface area is 192 Å². The zero-order valence-corrected chi connectivity index (χ0v) is 19.3. The van der Waals surface area contributed by atoms with Gasteiger partial charge >= 0.3 is 0 Å². The van der Waals surface area contributed by atoms with Crippen LogP contribution in [-0.2, 0) is 10.0 Å². The van der Waals surface area contributed by atoms with E-state index in [4.69, 9.17) is 4.74 Å². The fourth-order valence-electron chi connectivity index (χ4n) is 3.23. The molecule has 0 saturated heterocycles. The molecule has 4 rings (SSSR count). The van der Waals surface area contributed by atoms with Crippen molar-refractivity contribution >= 4 is 27.2 Å². The van der Waals surface area contributed by atoms with Crippen LogP contribution >= 0.6 is 0 Å². The van der Waals surface area contributed by atoms with Crippen LogP contribution in [0.4, 0.5) is 17.2 Å². The highest BCUT2D eigenvalue weighted by Gasteiger charge is 2.16. The number of benzene rings is 2. The van der Waals surface area contributed by atoms with E-state index < -0.39 is 10.0 Å². The monoisotopic (exact) mass is 464 g/mol. The molecule has 0 atom stereocenters. The molecule has 0 aliphatic carbocycles. The van der Waals surface area contributed by atoms with Gasteiger partial charge in [-0.2, -0.15) is 0 Å². The Morgan fingerprint density at radius 3 is 2.42 bits per heavy atom. The number of ether oxygens (including phenoxy) is 1. The second-order valence-electron chi connectivity index (χ2n) is 7.30. The maximum absolute atomic E-state index is 12.8. The molecule has 0 amide bonds. The lowest BCUT2D eigenvalue weighted by molar-refractivity contribution is 0.337. The Bertz CT molecular complexity index is 1350. The van der Waals surface area contributed by atoms with Crippen molar-refractivity contribution in [2.45, 2.75) is 25.7 Å². The summed E-state index contributed by atoms with van der Waals surface area (Å²) in [5.74, 6) is 2.59. The van der Waals surface area contributed by atoms with E-state index in [-0.39, 0.29) is 4.90 Å². The lowest BCUT2D eigenvalue weighted by atomic mass is 10.2. The summed E-state index contributed by atoms with van der Waals surface area (Å²) in [6.07, 6.45) is 5.15. The van der Waals surface area contributed by atoms with Gasteiger partial charge in [0.1, 0.15) is 29.5 Å². The minimum Gasteiger partial charge on any atom is -0.494 e. The van der Waals surface area contributed by atoms with Gasteiger partial charge in [-0.25, -0.2) is 23.4 Å². The maximum Gasteiger partial charge on any atom is 0.261 e. The van der Waals surface area contributed by atoms with Crippen LogP contribution in [-0.4, -0.2) is 34.5 Å². The average Bonchev–Trinajstić information content (AvgIpc) is 3.31. The summed E-state index contributed by atoms with van der Waals surface area (Å²) in [7, 11) is -3.73. The molecular weight excluding hydrogens is 440 g/mol. The molecule has 0 fully saturated rings. The molecule has 0 radical (unpaired) electrons. The third-order valence-electron chi connectivity index (χ3n) is 4.76. The second kappa shape index (κ2) is 9.29. The van der Waals surface area contributed by atoms with E-state index in [0.29, 0.717) is 35.5 Å². The van der Waals surface area contributed by atoms with Crippen LogP contribution < -0.4 is 14.8 Å². The maximum atomic E-state index is 12.8. The number of rotatable bonds is 8. The van der Waals surface area contributed by atoms with Gasteiger partial charge in [0, 0.05) is 29.8 Å². The predicted molar refractivity (Wildman–Crippen MR) is 127 cm³/mol. The number of hydrogen-bond acceptors (Lipinski definition) is 7. The number of hydrogen-bond donors (Lipinski definition) is 2. The minimum atomic E-state index is -3.73. The van der Waals surface area contributed by atoms with Crippen LogP contribution in [0.2, 0.25) is 0 Å². The van der Waals surface area contributed by atoms with Crippen LogP contribution in [0.5, 0.6) is 5.75 Å². The summed E-state index contributed by atoms with van der Waals surface area (Å²) in [5, 5.41) is 3.22. The van der Waals surface area contributed by atoms with Crippen molar-refractivity contribution < 1.29 is 13.2 Å². The quantitative estimate of drug-likeness (QED) is 0.401. The summed E-state index contributed by atoms with van der Waals surface area (Å²) in [6, 6.07) is 13.5. The Morgan fingerprint density at radius 1 is 1.00 bits per heavy atom. The molecule has 2 aromatic heterocycles. The minimum absolute atomic E-state index is 0.175. The van der Waals surface area contributed by atoms with Gasteiger partial charge in [-0.1, -0.05) is 0 Å². The third-order valence-corrected chi connectivity index (χ3v) is 6.14. The fraction of sp³-hybridized carbons (Fsp3) is 0.174. The van der Waals surface area contributed by atoms with E-state index in [0.717, 1.165) is 11.3 Å². The number of nitrogens with zero attached hydrogens (tertiary/aromatic N) is 4. The van der Waals surface area contributed by atoms with Crippen LogP contribution in [0.3, 0.4) is 0 Å². The molecule has 33 heavy (non-hydrogen) atoms. The third kappa shape index (κ3) is 5.29. The van der Waals surface area contributed by atoms with Crippen molar-refractivity contribution in [3.05, 3.63) is 78.6 Å². The molecule has 9 nitrogen and oxygen atoms in total. The van der Waals surface area contributed by atoms with Gasteiger partial charge in [0.25, 0.3) is 10.0 Å². The first kappa shape index (κ1) is 22.3. The van der Waals surface area contributed by atoms with E-state index in [2.05, 4.69) is 25.0 Å². The first-order valence-corrected chi connectivity index (χ1v) is 11.8. The van der Waals surface area contributed by atoms with E-state index in [9.17, 15) is 8.42 Å². The van der Waals surface area contributed by atoms with Crippen molar-refractivity contribution in [2.75, 3.05) is 16.6 Å². The second-order valence-corrected chi connectivity index (χ2v) is 8.98. The van der Waals surface area contributed by atoms with E-state index in [1.165, 1.54) is 6.07 Å². The number of aromatic nitrogens is 4. The Balaban J connectivity index is 1.48. The molecule has 2 aromatic carbocycles. The van der Waals surface area contributed by atoms with Crippen molar-refractivity contribution in [3.63, 3.8) is 0 Å². The van der Waals surface area contributed by atoms with Crippen molar-refractivity contribution in [2.24, 2.45) is 0 Å². The van der Waals surface area contributed by atoms with Crippen molar-refractivity contribution in [1.29, 1.82) is 0 Å². The molecule has 2 heterocycles. The van der Waals surface area contributed by atoms with Crippen molar-refractivity contribution in [1.82, 2.24) is 19.5 Å². The highest BCUT2D eigenvalue weighted by Crippen LogP contribution is 2.25. The number of imidazole rings is 1. The van der Waals surface area contributed by atoms with E-state index >= 15 is 0 Å². The van der Waals surface area contributed by atoms with Gasteiger partial charge in [-0.05, 0) is 68.8 Å². The molecule has 0 bridgehead atoms. The van der Waals surface area contributed by atoms with E-state index in [1.54, 1.807) is 65.8 Å². The van der Waals surface area contributed by atoms with Gasteiger partial charge < -0.3 is 10.1 Å². The van der Waals surface area contributed by atoms with Gasteiger partial charge in [-0.15, -0.1) is 0 Å². The predicted octanol–water partition coefficient (Wildman–Crippen LogP) is 4.22. The molecule has 0 aliphatic rings. The molecule has 10 heteroatoms. The standard InChI is InChI=1S/C23H24N6O3S/c1-4-32-21-10-9-20(13-16(21)2)33(30,31)28-19-7-5-18(6-8-19)27-22-14-23(26-17(3)25-22)29-12-11-24-15-29/h5-15,28H,4H2,1-3H3,(H,25,26,27). The summed E-state index contributed by atoms with van der Waals surface area (Å²) < 4.78 is 35.5. The van der Waals surface area contributed by atoms with Crippen LogP contribution in [0.1, 0.15) is 18.3 Å². The van der Waals surface area contributed by atoms with Gasteiger partial charge in [0.2, 0.25) is 0 Å². The summed E-state index contributed by atoms with van der Waals surface area (Å²) in [4.78, 5) is 13.0. The van der Waals surface area contributed by atoms with Crippen LogP contribution in [0, 0.1) is 13.8 Å². The van der Waals surface area contributed by atoms with Crippen LogP contribution in [0.25, 0.3) is 5.82 Å². The Kier molecular flexibility index (Phi) is 6.27. The molecular formula is C23H24N6O3S.